The summed E-state index contributed by atoms with van der Waals surface area (Å²) in [6.07, 6.45) is 0.731. The molecule has 0 saturated heterocycles. The third-order valence-electron chi connectivity index (χ3n) is 1.96. The number of alkyl halides is 1. The standard InChI is InChI=1S/C9H18BrNO3/c1-3-11(5-4-6-12)7-8(10)9(13)14-2/h8,12H,3-7H2,1-2H3. The second-order valence-electron chi connectivity index (χ2n) is 2.96. The number of aliphatic hydroxyl groups excluding tert-OH is 1. The van der Waals surface area contributed by atoms with E-state index >= 15 is 0 Å². The highest BCUT2D eigenvalue weighted by Crippen LogP contribution is 2.05. The molecule has 1 N–H and O–H groups in total. The van der Waals surface area contributed by atoms with Gasteiger partial charge in [-0.1, -0.05) is 22.9 Å². The van der Waals surface area contributed by atoms with Crippen molar-refractivity contribution in [2.24, 2.45) is 0 Å². The fraction of sp³-hybridized carbons (Fsp3) is 0.889. The summed E-state index contributed by atoms with van der Waals surface area (Å²) in [6, 6.07) is 0. The molecule has 0 heterocycles. The van der Waals surface area contributed by atoms with Gasteiger partial charge in [0, 0.05) is 19.7 Å². The van der Waals surface area contributed by atoms with E-state index in [4.69, 9.17) is 5.11 Å². The monoisotopic (exact) mass is 267 g/mol. The van der Waals surface area contributed by atoms with Crippen molar-refractivity contribution >= 4 is 21.9 Å². The highest BCUT2D eigenvalue weighted by Gasteiger charge is 2.17. The van der Waals surface area contributed by atoms with Crippen LogP contribution < -0.4 is 0 Å². The molecule has 0 aliphatic carbocycles. The van der Waals surface area contributed by atoms with Gasteiger partial charge in [0.15, 0.2) is 0 Å². The third kappa shape index (κ3) is 5.57. The molecule has 4 nitrogen and oxygen atoms in total. The molecule has 0 radical (unpaired) electrons. The van der Waals surface area contributed by atoms with Gasteiger partial charge < -0.3 is 14.7 Å². The number of hydrogen-bond acceptors (Lipinski definition) is 4. The average molecular weight is 268 g/mol. The Balaban J connectivity index is 3.85. The molecular weight excluding hydrogens is 250 g/mol. The number of methoxy groups -OCH3 is 1. The fourth-order valence-electron chi connectivity index (χ4n) is 1.10. The SMILES string of the molecule is CCN(CCCO)CC(Br)C(=O)OC. The van der Waals surface area contributed by atoms with Gasteiger partial charge in [0.1, 0.15) is 4.83 Å². The first-order valence-electron chi connectivity index (χ1n) is 4.70. The summed E-state index contributed by atoms with van der Waals surface area (Å²) in [7, 11) is 1.38. The largest absolute Gasteiger partial charge is 0.468 e. The van der Waals surface area contributed by atoms with Crippen LogP contribution in [0.25, 0.3) is 0 Å². The zero-order valence-electron chi connectivity index (χ0n) is 8.70. The lowest BCUT2D eigenvalue weighted by molar-refractivity contribution is -0.140. The molecule has 0 aromatic carbocycles. The first kappa shape index (κ1) is 13.9. The van der Waals surface area contributed by atoms with E-state index in [9.17, 15) is 4.79 Å². The van der Waals surface area contributed by atoms with Crippen molar-refractivity contribution in [2.45, 2.75) is 18.2 Å². The van der Waals surface area contributed by atoms with Crippen molar-refractivity contribution in [1.82, 2.24) is 4.90 Å². The Hall–Kier alpha value is -0.130. The Kier molecular flexibility index (Phi) is 8.12. The lowest BCUT2D eigenvalue weighted by Gasteiger charge is -2.21. The number of esters is 1. The van der Waals surface area contributed by atoms with Gasteiger partial charge in [-0.2, -0.15) is 0 Å². The first-order valence-corrected chi connectivity index (χ1v) is 5.62. The molecule has 0 rings (SSSR count). The van der Waals surface area contributed by atoms with E-state index in [2.05, 4.69) is 25.6 Å². The summed E-state index contributed by atoms with van der Waals surface area (Å²) in [6.45, 7) is 4.48. The van der Waals surface area contributed by atoms with Gasteiger partial charge >= 0.3 is 5.97 Å². The van der Waals surface area contributed by atoms with Crippen LogP contribution in [0.2, 0.25) is 0 Å². The van der Waals surface area contributed by atoms with E-state index in [1.807, 2.05) is 6.92 Å². The van der Waals surface area contributed by atoms with Gasteiger partial charge in [0.2, 0.25) is 0 Å². The highest BCUT2D eigenvalue weighted by atomic mass is 79.9. The zero-order valence-corrected chi connectivity index (χ0v) is 10.3. The summed E-state index contributed by atoms with van der Waals surface area (Å²) in [4.78, 5) is 12.9. The maximum absolute atomic E-state index is 11.1. The molecule has 0 aromatic heterocycles. The Morgan fingerprint density at radius 1 is 1.64 bits per heavy atom. The summed E-state index contributed by atoms with van der Waals surface area (Å²) in [5, 5.41) is 8.67. The predicted molar refractivity (Wildman–Crippen MR) is 58.5 cm³/mol. The molecule has 0 amide bonds. The molecule has 0 aromatic rings. The van der Waals surface area contributed by atoms with E-state index in [0.29, 0.717) is 6.54 Å². The number of nitrogens with zero attached hydrogens (tertiary/aromatic N) is 1. The third-order valence-corrected chi connectivity index (χ3v) is 2.62. The van der Waals surface area contributed by atoms with E-state index < -0.39 is 0 Å². The van der Waals surface area contributed by atoms with Gasteiger partial charge in [0.25, 0.3) is 0 Å². The van der Waals surface area contributed by atoms with Crippen LogP contribution in [0, 0.1) is 0 Å². The molecule has 0 fully saturated rings. The Morgan fingerprint density at radius 3 is 2.71 bits per heavy atom. The number of ether oxygens (including phenoxy) is 1. The Morgan fingerprint density at radius 2 is 2.29 bits per heavy atom. The van der Waals surface area contributed by atoms with Crippen LogP contribution in [0.5, 0.6) is 0 Å². The maximum Gasteiger partial charge on any atom is 0.320 e. The molecule has 1 atom stereocenters. The minimum atomic E-state index is -0.286. The molecule has 1 unspecified atom stereocenters. The van der Waals surface area contributed by atoms with E-state index in [1.165, 1.54) is 7.11 Å². The summed E-state index contributed by atoms with van der Waals surface area (Å²) in [5.74, 6) is -0.257. The van der Waals surface area contributed by atoms with Crippen molar-refractivity contribution in [2.75, 3.05) is 33.4 Å². The van der Waals surface area contributed by atoms with Crippen molar-refractivity contribution in [1.29, 1.82) is 0 Å². The van der Waals surface area contributed by atoms with Gasteiger partial charge in [-0.25, -0.2) is 0 Å². The minimum absolute atomic E-state index is 0.182. The van der Waals surface area contributed by atoms with Crippen molar-refractivity contribution in [3.05, 3.63) is 0 Å². The lowest BCUT2D eigenvalue weighted by Crippen LogP contribution is -2.35. The molecule has 0 saturated carbocycles. The van der Waals surface area contributed by atoms with Crippen molar-refractivity contribution in [3.8, 4) is 0 Å². The first-order chi connectivity index (χ1) is 6.65. The second-order valence-corrected chi connectivity index (χ2v) is 4.07. The van der Waals surface area contributed by atoms with Crippen LogP contribution >= 0.6 is 15.9 Å². The van der Waals surface area contributed by atoms with Crippen LogP contribution in [0.15, 0.2) is 0 Å². The number of halogens is 1. The Bertz CT molecular complexity index is 166. The number of aliphatic hydroxyl groups is 1. The van der Waals surface area contributed by atoms with Crippen LogP contribution in [0.1, 0.15) is 13.3 Å². The van der Waals surface area contributed by atoms with E-state index in [1.54, 1.807) is 0 Å². The molecule has 5 heteroatoms. The number of carbonyl (C=O) groups is 1. The summed E-state index contributed by atoms with van der Waals surface area (Å²) in [5.41, 5.74) is 0. The fourth-order valence-corrected chi connectivity index (χ4v) is 1.70. The molecule has 84 valence electrons. The molecule has 0 aliphatic rings. The predicted octanol–water partition coefficient (Wildman–Crippen LogP) is 0.627. The van der Waals surface area contributed by atoms with Gasteiger partial charge in [-0.05, 0) is 13.0 Å². The van der Waals surface area contributed by atoms with Crippen LogP contribution in [0.3, 0.4) is 0 Å². The van der Waals surface area contributed by atoms with E-state index in [0.717, 1.165) is 19.5 Å². The topological polar surface area (TPSA) is 49.8 Å². The van der Waals surface area contributed by atoms with Gasteiger partial charge in [-0.3, -0.25) is 4.79 Å². The van der Waals surface area contributed by atoms with Crippen LogP contribution in [0.4, 0.5) is 0 Å². The minimum Gasteiger partial charge on any atom is -0.468 e. The van der Waals surface area contributed by atoms with Crippen molar-refractivity contribution in [3.63, 3.8) is 0 Å². The van der Waals surface area contributed by atoms with Gasteiger partial charge in [-0.15, -0.1) is 0 Å². The van der Waals surface area contributed by atoms with Gasteiger partial charge in [0.05, 0.1) is 7.11 Å². The number of rotatable bonds is 7. The highest BCUT2D eigenvalue weighted by molar-refractivity contribution is 9.10. The summed E-state index contributed by atoms with van der Waals surface area (Å²) < 4.78 is 4.60. The zero-order chi connectivity index (χ0) is 11.0. The molecular formula is C9H18BrNO3. The summed E-state index contributed by atoms with van der Waals surface area (Å²) >= 11 is 3.26. The number of carbonyl (C=O) groups excluding carboxylic acids is 1. The quantitative estimate of drug-likeness (QED) is 0.543. The van der Waals surface area contributed by atoms with Crippen LogP contribution in [-0.2, 0) is 9.53 Å². The van der Waals surface area contributed by atoms with E-state index in [-0.39, 0.29) is 17.4 Å². The molecule has 0 bridgehead atoms. The average Bonchev–Trinajstić information content (AvgIpc) is 2.22. The molecule has 0 spiro atoms. The Labute approximate surface area is 93.4 Å². The number of hydrogen-bond donors (Lipinski definition) is 1. The molecule has 0 aliphatic heterocycles. The normalized spacial score (nSPS) is 12.9. The lowest BCUT2D eigenvalue weighted by atomic mass is 10.3. The van der Waals surface area contributed by atoms with Crippen LogP contribution in [-0.4, -0.2) is 54.2 Å². The van der Waals surface area contributed by atoms with Crippen molar-refractivity contribution < 1.29 is 14.6 Å². The second kappa shape index (κ2) is 8.20. The maximum atomic E-state index is 11.1. The molecule has 14 heavy (non-hydrogen) atoms. The smallest absolute Gasteiger partial charge is 0.320 e.